The summed E-state index contributed by atoms with van der Waals surface area (Å²) in [4.78, 5) is 0.121. The maximum atomic E-state index is 13.6. The Bertz CT molecular complexity index is 1190. The van der Waals surface area contributed by atoms with E-state index in [1.807, 2.05) is 0 Å². The molecule has 3 aromatic rings. The van der Waals surface area contributed by atoms with Crippen molar-refractivity contribution in [3.63, 3.8) is 0 Å². The van der Waals surface area contributed by atoms with Crippen LogP contribution in [-0.4, -0.2) is 25.8 Å². The summed E-state index contributed by atoms with van der Waals surface area (Å²) in [6.07, 6.45) is 2.69. The summed E-state index contributed by atoms with van der Waals surface area (Å²) in [5.74, 6) is -1.76. The maximum Gasteiger partial charge on any atom is 0.305 e. The molecule has 0 spiro atoms. The molecule has 0 bridgehead atoms. The predicted molar refractivity (Wildman–Crippen MR) is 114 cm³/mol. The van der Waals surface area contributed by atoms with Gasteiger partial charge >= 0.3 is 5.79 Å². The van der Waals surface area contributed by atoms with Crippen LogP contribution in [0.25, 0.3) is 0 Å². The molecule has 2 aliphatic rings. The maximum absolute atomic E-state index is 13.6. The van der Waals surface area contributed by atoms with E-state index in [4.69, 9.17) is 9.47 Å². The first-order chi connectivity index (χ1) is 15.4. The van der Waals surface area contributed by atoms with Gasteiger partial charge in [0.2, 0.25) is 10.0 Å². The molecule has 1 saturated heterocycles. The van der Waals surface area contributed by atoms with E-state index in [2.05, 4.69) is 0 Å². The average molecular weight is 457 g/mol. The molecular weight excluding hydrogens is 436 g/mol. The number of nitrogens with zero attached hydrogens (tertiary/aromatic N) is 1. The molecule has 0 N–H and O–H groups in total. The fourth-order valence-corrected chi connectivity index (χ4v) is 5.67. The van der Waals surface area contributed by atoms with Crippen LogP contribution in [0.15, 0.2) is 71.6 Å². The molecule has 32 heavy (non-hydrogen) atoms. The monoisotopic (exact) mass is 457 g/mol. The van der Waals surface area contributed by atoms with Gasteiger partial charge in [0.1, 0.15) is 11.6 Å². The Hall–Kier alpha value is -2.97. The van der Waals surface area contributed by atoms with E-state index in [0.29, 0.717) is 30.0 Å². The molecule has 0 radical (unpaired) electrons. The normalized spacial score (nSPS) is 17.9. The standard InChI is InChI=1S/C24H21F2NO4S/c25-19-8-4-17(5-9-19)24(18-6-10-20(26)11-7-18)30-22-13-12-21(16-23(22)31-24)32(28,29)27-14-2-1-3-15-27/h4-13,16H,1-3,14-15H2. The Kier molecular flexibility index (Phi) is 5.14. The van der Waals surface area contributed by atoms with Crippen molar-refractivity contribution in [2.24, 2.45) is 0 Å². The second-order valence-corrected chi connectivity index (χ2v) is 9.85. The lowest BCUT2D eigenvalue weighted by molar-refractivity contribution is -0.0460. The topological polar surface area (TPSA) is 55.8 Å². The molecule has 0 amide bonds. The second-order valence-electron chi connectivity index (χ2n) is 7.91. The number of hydrogen-bond donors (Lipinski definition) is 0. The molecule has 0 aromatic heterocycles. The van der Waals surface area contributed by atoms with Crippen LogP contribution >= 0.6 is 0 Å². The fourth-order valence-electron chi connectivity index (χ4n) is 4.14. The van der Waals surface area contributed by atoms with Crippen LogP contribution in [0, 0.1) is 11.6 Å². The van der Waals surface area contributed by atoms with Crippen LogP contribution in [0.3, 0.4) is 0 Å². The molecule has 2 heterocycles. The van der Waals surface area contributed by atoms with Crippen molar-refractivity contribution in [1.82, 2.24) is 4.31 Å². The van der Waals surface area contributed by atoms with Crippen molar-refractivity contribution >= 4 is 10.0 Å². The van der Waals surface area contributed by atoms with Gasteiger partial charge in [-0.15, -0.1) is 0 Å². The van der Waals surface area contributed by atoms with E-state index < -0.39 is 27.4 Å². The van der Waals surface area contributed by atoms with Crippen molar-refractivity contribution in [3.8, 4) is 11.5 Å². The van der Waals surface area contributed by atoms with Crippen molar-refractivity contribution in [2.45, 2.75) is 29.9 Å². The van der Waals surface area contributed by atoms with Gasteiger partial charge in [-0.05, 0) is 73.5 Å². The minimum absolute atomic E-state index is 0.121. The number of sulfonamides is 1. The molecule has 0 aliphatic carbocycles. The molecular formula is C24H21F2NO4S. The Balaban J connectivity index is 1.56. The van der Waals surface area contributed by atoms with E-state index in [9.17, 15) is 17.2 Å². The average Bonchev–Trinajstić information content (AvgIpc) is 3.20. The van der Waals surface area contributed by atoms with Gasteiger partial charge < -0.3 is 9.47 Å². The molecule has 2 aliphatic heterocycles. The van der Waals surface area contributed by atoms with Crippen LogP contribution in [0.1, 0.15) is 30.4 Å². The van der Waals surface area contributed by atoms with Crippen LogP contribution in [0.5, 0.6) is 11.5 Å². The largest absolute Gasteiger partial charge is 0.440 e. The highest BCUT2D eigenvalue weighted by Crippen LogP contribution is 2.48. The second kappa shape index (κ2) is 7.86. The number of ether oxygens (including phenoxy) is 2. The third kappa shape index (κ3) is 3.53. The number of piperidine rings is 1. The number of halogens is 2. The van der Waals surface area contributed by atoms with Gasteiger partial charge in [-0.1, -0.05) is 6.42 Å². The molecule has 0 atom stereocenters. The first-order valence-electron chi connectivity index (χ1n) is 10.4. The molecule has 8 heteroatoms. The number of hydrogen-bond acceptors (Lipinski definition) is 4. The molecule has 166 valence electrons. The van der Waals surface area contributed by atoms with E-state index in [1.165, 1.54) is 65.0 Å². The highest BCUT2D eigenvalue weighted by molar-refractivity contribution is 7.89. The van der Waals surface area contributed by atoms with Gasteiger partial charge in [0, 0.05) is 30.3 Å². The van der Waals surface area contributed by atoms with Gasteiger partial charge in [0.15, 0.2) is 11.5 Å². The predicted octanol–water partition coefficient (Wildman–Crippen LogP) is 4.81. The minimum atomic E-state index is -3.66. The first kappa shape index (κ1) is 20.9. The Morgan fingerprint density at radius 2 is 1.25 bits per heavy atom. The van der Waals surface area contributed by atoms with Crippen molar-refractivity contribution in [3.05, 3.63) is 89.5 Å². The first-order valence-corrected chi connectivity index (χ1v) is 11.9. The Morgan fingerprint density at radius 1 is 0.719 bits per heavy atom. The molecule has 3 aromatic carbocycles. The molecule has 1 fully saturated rings. The molecule has 0 unspecified atom stereocenters. The van der Waals surface area contributed by atoms with E-state index in [-0.39, 0.29) is 10.6 Å². The van der Waals surface area contributed by atoms with Crippen LogP contribution in [0.4, 0.5) is 8.78 Å². The lowest BCUT2D eigenvalue weighted by atomic mass is 9.97. The molecule has 5 nitrogen and oxygen atoms in total. The van der Waals surface area contributed by atoms with Gasteiger partial charge in [-0.3, -0.25) is 0 Å². The summed E-state index contributed by atoms with van der Waals surface area (Å²) >= 11 is 0. The summed E-state index contributed by atoms with van der Waals surface area (Å²) in [7, 11) is -3.66. The summed E-state index contributed by atoms with van der Waals surface area (Å²) in [6.45, 7) is 0.984. The van der Waals surface area contributed by atoms with E-state index in [1.54, 1.807) is 6.07 Å². The summed E-state index contributed by atoms with van der Waals surface area (Å²) < 4.78 is 67.3. The van der Waals surface area contributed by atoms with Gasteiger partial charge in [-0.2, -0.15) is 4.31 Å². The van der Waals surface area contributed by atoms with Crippen LogP contribution in [0.2, 0.25) is 0 Å². The van der Waals surface area contributed by atoms with E-state index in [0.717, 1.165) is 19.3 Å². The zero-order chi connectivity index (χ0) is 22.3. The van der Waals surface area contributed by atoms with Crippen LogP contribution in [-0.2, 0) is 15.8 Å². The number of rotatable bonds is 4. The van der Waals surface area contributed by atoms with Crippen molar-refractivity contribution < 1.29 is 26.7 Å². The Labute approximate surface area is 185 Å². The lowest BCUT2D eigenvalue weighted by Crippen LogP contribution is -2.37. The van der Waals surface area contributed by atoms with Gasteiger partial charge in [0.25, 0.3) is 0 Å². The van der Waals surface area contributed by atoms with Crippen LogP contribution < -0.4 is 9.47 Å². The molecule has 5 rings (SSSR count). The highest BCUT2D eigenvalue weighted by atomic mass is 32.2. The highest BCUT2D eigenvalue weighted by Gasteiger charge is 2.46. The third-order valence-corrected chi connectivity index (χ3v) is 7.72. The van der Waals surface area contributed by atoms with Crippen molar-refractivity contribution in [2.75, 3.05) is 13.1 Å². The summed E-state index contributed by atoms with van der Waals surface area (Å²) in [6, 6.07) is 15.7. The summed E-state index contributed by atoms with van der Waals surface area (Å²) in [5, 5.41) is 0. The third-order valence-electron chi connectivity index (χ3n) is 5.82. The van der Waals surface area contributed by atoms with Gasteiger partial charge in [-0.25, -0.2) is 17.2 Å². The number of benzene rings is 3. The van der Waals surface area contributed by atoms with Gasteiger partial charge in [0.05, 0.1) is 4.90 Å². The zero-order valence-electron chi connectivity index (χ0n) is 17.1. The smallest absolute Gasteiger partial charge is 0.305 e. The fraction of sp³-hybridized carbons (Fsp3) is 0.250. The summed E-state index contributed by atoms with van der Waals surface area (Å²) in [5.41, 5.74) is 0.976. The SMILES string of the molecule is O=S(=O)(c1ccc2c(c1)OC(c1ccc(F)cc1)(c1ccc(F)cc1)O2)N1CCCCC1. The number of fused-ring (bicyclic) bond motifs is 1. The molecule has 0 saturated carbocycles. The quantitative estimate of drug-likeness (QED) is 0.564. The van der Waals surface area contributed by atoms with Crippen molar-refractivity contribution in [1.29, 1.82) is 0 Å². The van der Waals surface area contributed by atoms with E-state index >= 15 is 0 Å². The Morgan fingerprint density at radius 3 is 1.81 bits per heavy atom. The lowest BCUT2D eigenvalue weighted by Gasteiger charge is -2.28. The minimum Gasteiger partial charge on any atom is -0.440 e. The zero-order valence-corrected chi connectivity index (χ0v) is 17.9.